The third-order valence-corrected chi connectivity index (χ3v) is 4.07. The molecule has 0 aliphatic carbocycles. The van der Waals surface area contributed by atoms with Gasteiger partial charge < -0.3 is 10.1 Å². The fourth-order valence-electron chi connectivity index (χ4n) is 2.21. The lowest BCUT2D eigenvalue weighted by Gasteiger charge is -2.20. The summed E-state index contributed by atoms with van der Waals surface area (Å²) in [7, 11) is 2.00. The second kappa shape index (κ2) is 6.73. The summed E-state index contributed by atoms with van der Waals surface area (Å²) in [4.78, 5) is 0. The topological polar surface area (TPSA) is 21.3 Å². The zero-order valence-corrected chi connectivity index (χ0v) is 12.6. The van der Waals surface area contributed by atoms with E-state index >= 15 is 0 Å². The van der Waals surface area contributed by atoms with E-state index in [2.05, 4.69) is 48.1 Å². The van der Waals surface area contributed by atoms with Gasteiger partial charge in [0.1, 0.15) is 5.75 Å². The SMILES string of the molecule is CCCOc1ccccc1C(NC)c1cscc1C. The van der Waals surface area contributed by atoms with Crippen LogP contribution in [-0.4, -0.2) is 13.7 Å². The maximum absolute atomic E-state index is 5.87. The Bertz CT molecular complexity index is 521. The van der Waals surface area contributed by atoms with Crippen LogP contribution in [0, 0.1) is 6.92 Å². The number of hydrogen-bond donors (Lipinski definition) is 1. The van der Waals surface area contributed by atoms with Gasteiger partial charge in [-0.3, -0.25) is 0 Å². The molecule has 0 aliphatic rings. The van der Waals surface area contributed by atoms with Crippen LogP contribution in [0.25, 0.3) is 0 Å². The van der Waals surface area contributed by atoms with E-state index in [4.69, 9.17) is 4.74 Å². The molecule has 102 valence electrons. The molecule has 1 aromatic carbocycles. The molecule has 2 aromatic rings. The normalized spacial score (nSPS) is 12.4. The van der Waals surface area contributed by atoms with Gasteiger partial charge in [0, 0.05) is 5.56 Å². The minimum atomic E-state index is 0.194. The van der Waals surface area contributed by atoms with Crippen LogP contribution in [0.15, 0.2) is 35.0 Å². The molecule has 2 nitrogen and oxygen atoms in total. The van der Waals surface area contributed by atoms with Crippen molar-refractivity contribution in [2.45, 2.75) is 26.3 Å². The molecule has 0 aliphatic heterocycles. The number of nitrogens with one attached hydrogen (secondary N) is 1. The molecule has 2 rings (SSSR count). The molecule has 0 saturated heterocycles. The van der Waals surface area contributed by atoms with Crippen LogP contribution in [0.1, 0.15) is 36.1 Å². The third-order valence-electron chi connectivity index (χ3n) is 3.19. The summed E-state index contributed by atoms with van der Waals surface area (Å²) < 4.78 is 5.87. The number of rotatable bonds is 6. The van der Waals surface area contributed by atoms with Gasteiger partial charge in [0.15, 0.2) is 0 Å². The van der Waals surface area contributed by atoms with Gasteiger partial charge in [-0.05, 0) is 48.3 Å². The Hall–Kier alpha value is -1.32. The third kappa shape index (κ3) is 3.17. The second-order valence-electron chi connectivity index (χ2n) is 4.62. The largest absolute Gasteiger partial charge is 0.493 e. The van der Waals surface area contributed by atoms with Crippen molar-refractivity contribution >= 4 is 11.3 Å². The van der Waals surface area contributed by atoms with E-state index in [0.717, 1.165) is 18.8 Å². The van der Waals surface area contributed by atoms with E-state index in [-0.39, 0.29) is 6.04 Å². The zero-order valence-electron chi connectivity index (χ0n) is 11.8. The summed E-state index contributed by atoms with van der Waals surface area (Å²) in [5.74, 6) is 0.981. The number of ether oxygens (including phenoxy) is 1. The summed E-state index contributed by atoms with van der Waals surface area (Å²) in [5.41, 5.74) is 3.87. The molecule has 0 bridgehead atoms. The minimum Gasteiger partial charge on any atom is -0.493 e. The van der Waals surface area contributed by atoms with E-state index in [1.54, 1.807) is 11.3 Å². The fraction of sp³-hybridized carbons (Fsp3) is 0.375. The molecule has 1 unspecified atom stereocenters. The van der Waals surface area contributed by atoms with Crippen molar-refractivity contribution in [1.29, 1.82) is 0 Å². The lowest BCUT2D eigenvalue weighted by molar-refractivity contribution is 0.312. The van der Waals surface area contributed by atoms with E-state index in [1.807, 2.05) is 13.1 Å². The van der Waals surface area contributed by atoms with Gasteiger partial charge in [-0.25, -0.2) is 0 Å². The Kier molecular flexibility index (Phi) is 5.00. The summed E-state index contributed by atoms with van der Waals surface area (Å²) >= 11 is 1.75. The van der Waals surface area contributed by atoms with Crippen LogP contribution in [0.2, 0.25) is 0 Å². The molecule has 0 saturated carbocycles. The highest BCUT2D eigenvalue weighted by molar-refractivity contribution is 7.08. The molecule has 1 atom stereocenters. The number of thiophene rings is 1. The molecule has 0 amide bonds. The molecule has 0 radical (unpaired) electrons. The molecular formula is C16H21NOS. The fourth-order valence-corrected chi connectivity index (χ4v) is 3.08. The van der Waals surface area contributed by atoms with Gasteiger partial charge in [0.25, 0.3) is 0 Å². The lowest BCUT2D eigenvalue weighted by Crippen LogP contribution is -2.19. The predicted molar refractivity (Wildman–Crippen MR) is 82.2 cm³/mol. The van der Waals surface area contributed by atoms with Crippen molar-refractivity contribution in [3.8, 4) is 5.75 Å². The van der Waals surface area contributed by atoms with Crippen LogP contribution in [0.4, 0.5) is 0 Å². The predicted octanol–water partition coefficient (Wildman–Crippen LogP) is 4.15. The number of hydrogen-bond acceptors (Lipinski definition) is 3. The van der Waals surface area contributed by atoms with Crippen LogP contribution < -0.4 is 10.1 Å². The summed E-state index contributed by atoms with van der Waals surface area (Å²) in [6, 6.07) is 8.49. The monoisotopic (exact) mass is 275 g/mol. The van der Waals surface area contributed by atoms with Crippen LogP contribution in [-0.2, 0) is 0 Å². The Balaban J connectivity index is 2.35. The van der Waals surface area contributed by atoms with E-state index in [1.165, 1.54) is 16.7 Å². The molecule has 0 fully saturated rings. The second-order valence-corrected chi connectivity index (χ2v) is 5.36. The van der Waals surface area contributed by atoms with Crippen LogP contribution in [0.3, 0.4) is 0 Å². The van der Waals surface area contributed by atoms with Gasteiger partial charge >= 0.3 is 0 Å². The number of benzene rings is 1. The molecule has 1 aromatic heterocycles. The van der Waals surface area contributed by atoms with Crippen molar-refractivity contribution in [3.63, 3.8) is 0 Å². The molecule has 1 N–H and O–H groups in total. The van der Waals surface area contributed by atoms with E-state index in [0.29, 0.717) is 0 Å². The standard InChI is InChI=1S/C16H21NOS/c1-4-9-18-15-8-6-5-7-13(15)16(17-3)14-11-19-10-12(14)2/h5-8,10-11,16-17H,4,9H2,1-3H3. The number of aryl methyl sites for hydroxylation is 1. The molecule has 19 heavy (non-hydrogen) atoms. The minimum absolute atomic E-state index is 0.194. The molecule has 1 heterocycles. The van der Waals surface area contributed by atoms with Crippen molar-refractivity contribution in [3.05, 3.63) is 51.7 Å². The molecule has 0 spiro atoms. The molecule has 3 heteroatoms. The van der Waals surface area contributed by atoms with E-state index < -0.39 is 0 Å². The Morgan fingerprint density at radius 2 is 2.00 bits per heavy atom. The average molecular weight is 275 g/mol. The first-order chi connectivity index (χ1) is 9.27. The summed E-state index contributed by atoms with van der Waals surface area (Å²) in [6.07, 6.45) is 1.02. The van der Waals surface area contributed by atoms with Gasteiger partial charge in [-0.15, -0.1) is 0 Å². The Morgan fingerprint density at radius 3 is 2.63 bits per heavy atom. The van der Waals surface area contributed by atoms with Crippen LogP contribution >= 0.6 is 11.3 Å². The van der Waals surface area contributed by atoms with Crippen molar-refractivity contribution < 1.29 is 4.74 Å². The molecular weight excluding hydrogens is 254 g/mol. The van der Waals surface area contributed by atoms with Crippen molar-refractivity contribution in [1.82, 2.24) is 5.32 Å². The first-order valence-corrected chi connectivity index (χ1v) is 7.63. The smallest absolute Gasteiger partial charge is 0.124 e. The Labute approximate surface area is 119 Å². The van der Waals surface area contributed by atoms with Crippen molar-refractivity contribution in [2.75, 3.05) is 13.7 Å². The van der Waals surface area contributed by atoms with Crippen molar-refractivity contribution in [2.24, 2.45) is 0 Å². The highest BCUT2D eigenvalue weighted by Crippen LogP contribution is 2.32. The van der Waals surface area contributed by atoms with Gasteiger partial charge in [-0.1, -0.05) is 25.1 Å². The highest BCUT2D eigenvalue weighted by Gasteiger charge is 2.18. The quantitative estimate of drug-likeness (QED) is 0.855. The summed E-state index contributed by atoms with van der Waals surface area (Å²) in [5, 5.41) is 7.81. The Morgan fingerprint density at radius 1 is 1.21 bits per heavy atom. The van der Waals surface area contributed by atoms with Crippen LogP contribution in [0.5, 0.6) is 5.75 Å². The first-order valence-electron chi connectivity index (χ1n) is 6.69. The van der Waals surface area contributed by atoms with Gasteiger partial charge in [0.2, 0.25) is 0 Å². The maximum Gasteiger partial charge on any atom is 0.124 e. The summed E-state index contributed by atoms with van der Waals surface area (Å²) in [6.45, 7) is 5.04. The average Bonchev–Trinajstić information content (AvgIpc) is 2.85. The highest BCUT2D eigenvalue weighted by atomic mass is 32.1. The number of para-hydroxylation sites is 1. The van der Waals surface area contributed by atoms with Gasteiger partial charge in [0.05, 0.1) is 12.6 Å². The maximum atomic E-state index is 5.87. The zero-order chi connectivity index (χ0) is 13.7. The van der Waals surface area contributed by atoms with Gasteiger partial charge in [-0.2, -0.15) is 11.3 Å². The van der Waals surface area contributed by atoms with E-state index in [9.17, 15) is 0 Å². The lowest BCUT2D eigenvalue weighted by atomic mass is 9.98. The first kappa shape index (κ1) is 14.1.